The van der Waals surface area contributed by atoms with Gasteiger partial charge < -0.3 is 10.2 Å². The number of aromatic nitrogens is 2. The summed E-state index contributed by atoms with van der Waals surface area (Å²) in [5.41, 5.74) is 0. The molecule has 16 heavy (non-hydrogen) atoms. The lowest BCUT2D eigenvalue weighted by Crippen LogP contribution is -2.30. The number of rotatable bonds is 5. The Morgan fingerprint density at radius 3 is 2.75 bits per heavy atom. The van der Waals surface area contributed by atoms with Crippen LogP contribution in [0.25, 0.3) is 0 Å². The summed E-state index contributed by atoms with van der Waals surface area (Å²) in [6.45, 7) is 5.00. The van der Waals surface area contributed by atoms with Crippen molar-refractivity contribution in [3.63, 3.8) is 0 Å². The lowest BCUT2D eigenvalue weighted by molar-refractivity contribution is 0.0773. The van der Waals surface area contributed by atoms with Crippen LogP contribution in [0.5, 0.6) is 0 Å². The Hall–Kier alpha value is -1.17. The fourth-order valence-corrected chi connectivity index (χ4v) is 1.95. The maximum atomic E-state index is 11.9. The molecule has 1 amide bonds. The standard InChI is InChI=1S/C10H18N4OS/c1-5-7(2)6-14(4)9(15)8-12-13-10(11-3)16-8/h7H,5-6H2,1-4H3,(H,11,13). The molecule has 1 heterocycles. The van der Waals surface area contributed by atoms with Gasteiger partial charge in [0.25, 0.3) is 5.91 Å². The quantitative estimate of drug-likeness (QED) is 0.853. The van der Waals surface area contributed by atoms with Crippen molar-refractivity contribution < 1.29 is 4.79 Å². The fourth-order valence-electron chi connectivity index (χ4n) is 1.25. The van der Waals surface area contributed by atoms with E-state index in [0.717, 1.165) is 13.0 Å². The number of hydrogen-bond acceptors (Lipinski definition) is 5. The monoisotopic (exact) mass is 242 g/mol. The molecule has 0 aliphatic carbocycles. The first-order chi connectivity index (χ1) is 7.58. The average Bonchev–Trinajstić information content (AvgIpc) is 2.76. The van der Waals surface area contributed by atoms with E-state index in [9.17, 15) is 4.79 Å². The molecule has 1 aromatic rings. The first-order valence-electron chi connectivity index (χ1n) is 5.35. The van der Waals surface area contributed by atoms with E-state index in [1.165, 1.54) is 11.3 Å². The number of carbonyl (C=O) groups excluding carboxylic acids is 1. The number of anilines is 1. The molecule has 0 saturated heterocycles. The van der Waals surface area contributed by atoms with Crippen LogP contribution >= 0.6 is 11.3 Å². The summed E-state index contributed by atoms with van der Waals surface area (Å²) in [4.78, 5) is 13.6. The molecule has 1 unspecified atom stereocenters. The summed E-state index contributed by atoms with van der Waals surface area (Å²) >= 11 is 1.28. The zero-order chi connectivity index (χ0) is 12.1. The van der Waals surface area contributed by atoms with Crippen molar-refractivity contribution in [1.29, 1.82) is 0 Å². The Labute approximate surface area is 99.9 Å². The van der Waals surface area contributed by atoms with Gasteiger partial charge >= 0.3 is 0 Å². The number of nitrogens with one attached hydrogen (secondary N) is 1. The normalized spacial score (nSPS) is 12.2. The third kappa shape index (κ3) is 3.16. The van der Waals surface area contributed by atoms with Gasteiger partial charge in [-0.2, -0.15) is 0 Å². The highest BCUT2D eigenvalue weighted by Crippen LogP contribution is 2.16. The maximum Gasteiger partial charge on any atom is 0.284 e. The second kappa shape index (κ2) is 5.79. The van der Waals surface area contributed by atoms with E-state index < -0.39 is 0 Å². The van der Waals surface area contributed by atoms with E-state index in [1.54, 1.807) is 19.0 Å². The van der Waals surface area contributed by atoms with E-state index in [4.69, 9.17) is 0 Å². The molecule has 1 atom stereocenters. The molecule has 0 aliphatic heterocycles. The highest BCUT2D eigenvalue weighted by atomic mass is 32.1. The highest BCUT2D eigenvalue weighted by molar-refractivity contribution is 7.17. The molecule has 6 heteroatoms. The van der Waals surface area contributed by atoms with Gasteiger partial charge in [0.1, 0.15) is 0 Å². The van der Waals surface area contributed by atoms with Crippen LogP contribution in [-0.2, 0) is 0 Å². The molecule has 0 fully saturated rings. The van der Waals surface area contributed by atoms with Gasteiger partial charge in [0.05, 0.1) is 0 Å². The van der Waals surface area contributed by atoms with Gasteiger partial charge in [-0.05, 0) is 5.92 Å². The Bertz CT molecular complexity index is 352. The van der Waals surface area contributed by atoms with E-state index in [0.29, 0.717) is 16.1 Å². The first kappa shape index (κ1) is 12.9. The molecule has 0 aromatic carbocycles. The molecule has 5 nitrogen and oxygen atoms in total. The van der Waals surface area contributed by atoms with Crippen molar-refractivity contribution in [2.75, 3.05) is 26.0 Å². The minimum Gasteiger partial charge on any atom is -0.363 e. The maximum absolute atomic E-state index is 11.9. The molecular formula is C10H18N4OS. The zero-order valence-corrected chi connectivity index (χ0v) is 11.0. The van der Waals surface area contributed by atoms with Crippen LogP contribution in [-0.4, -0.2) is 41.6 Å². The van der Waals surface area contributed by atoms with Crippen molar-refractivity contribution in [3.05, 3.63) is 5.01 Å². The van der Waals surface area contributed by atoms with E-state index in [2.05, 4.69) is 29.4 Å². The Morgan fingerprint density at radius 1 is 1.56 bits per heavy atom. The molecule has 0 saturated carbocycles. The zero-order valence-electron chi connectivity index (χ0n) is 10.1. The lowest BCUT2D eigenvalue weighted by Gasteiger charge is -2.19. The third-order valence-corrected chi connectivity index (χ3v) is 3.38. The van der Waals surface area contributed by atoms with Crippen molar-refractivity contribution in [3.8, 4) is 0 Å². The minimum atomic E-state index is -0.0562. The van der Waals surface area contributed by atoms with Crippen LogP contribution in [0.1, 0.15) is 30.1 Å². The summed E-state index contributed by atoms with van der Waals surface area (Å²) in [5.74, 6) is 0.449. The molecule has 0 spiro atoms. The average molecular weight is 242 g/mol. The lowest BCUT2D eigenvalue weighted by atomic mass is 10.1. The van der Waals surface area contributed by atoms with Crippen LogP contribution in [0.4, 0.5) is 5.13 Å². The Morgan fingerprint density at radius 2 is 2.25 bits per heavy atom. The van der Waals surface area contributed by atoms with Gasteiger partial charge in [-0.25, -0.2) is 0 Å². The third-order valence-electron chi connectivity index (χ3n) is 2.45. The summed E-state index contributed by atoms with van der Waals surface area (Å²) in [5, 5.41) is 11.7. The first-order valence-corrected chi connectivity index (χ1v) is 6.16. The molecule has 0 aliphatic rings. The molecule has 1 aromatic heterocycles. The summed E-state index contributed by atoms with van der Waals surface area (Å²) in [6, 6.07) is 0. The smallest absolute Gasteiger partial charge is 0.284 e. The number of carbonyl (C=O) groups is 1. The fraction of sp³-hybridized carbons (Fsp3) is 0.700. The van der Waals surface area contributed by atoms with Gasteiger partial charge in [-0.15, -0.1) is 10.2 Å². The molecule has 0 bridgehead atoms. The second-order valence-electron chi connectivity index (χ2n) is 3.86. The molecular weight excluding hydrogens is 224 g/mol. The number of nitrogens with zero attached hydrogens (tertiary/aromatic N) is 3. The van der Waals surface area contributed by atoms with Gasteiger partial charge in [0, 0.05) is 20.6 Å². The van der Waals surface area contributed by atoms with E-state index in [-0.39, 0.29) is 5.91 Å². The van der Waals surface area contributed by atoms with E-state index >= 15 is 0 Å². The van der Waals surface area contributed by atoms with Crippen LogP contribution in [0.15, 0.2) is 0 Å². The van der Waals surface area contributed by atoms with Gasteiger partial charge in [0.2, 0.25) is 10.1 Å². The largest absolute Gasteiger partial charge is 0.363 e. The number of amides is 1. The van der Waals surface area contributed by atoms with Gasteiger partial charge in [0.15, 0.2) is 0 Å². The predicted octanol–water partition coefficient (Wildman–Crippen LogP) is 1.70. The van der Waals surface area contributed by atoms with Crippen molar-refractivity contribution in [1.82, 2.24) is 15.1 Å². The summed E-state index contributed by atoms with van der Waals surface area (Å²) in [7, 11) is 3.56. The topological polar surface area (TPSA) is 58.1 Å². The Balaban J connectivity index is 2.62. The highest BCUT2D eigenvalue weighted by Gasteiger charge is 2.18. The molecule has 1 rings (SSSR count). The minimum absolute atomic E-state index is 0.0562. The predicted molar refractivity (Wildman–Crippen MR) is 65.9 cm³/mol. The van der Waals surface area contributed by atoms with Crippen molar-refractivity contribution >= 4 is 22.4 Å². The van der Waals surface area contributed by atoms with Crippen LogP contribution < -0.4 is 5.32 Å². The van der Waals surface area contributed by atoms with Crippen LogP contribution in [0.2, 0.25) is 0 Å². The van der Waals surface area contributed by atoms with Crippen LogP contribution in [0, 0.1) is 5.92 Å². The van der Waals surface area contributed by atoms with Crippen LogP contribution in [0.3, 0.4) is 0 Å². The summed E-state index contributed by atoms with van der Waals surface area (Å²) in [6.07, 6.45) is 1.06. The van der Waals surface area contributed by atoms with Gasteiger partial charge in [-0.1, -0.05) is 31.6 Å². The Kier molecular flexibility index (Phi) is 4.67. The van der Waals surface area contributed by atoms with Crippen molar-refractivity contribution in [2.24, 2.45) is 5.92 Å². The summed E-state index contributed by atoms with van der Waals surface area (Å²) < 4.78 is 0. The second-order valence-corrected chi connectivity index (χ2v) is 4.84. The van der Waals surface area contributed by atoms with Crippen molar-refractivity contribution in [2.45, 2.75) is 20.3 Å². The SMILES string of the molecule is CCC(C)CN(C)C(=O)c1nnc(NC)s1. The van der Waals surface area contributed by atoms with Gasteiger partial charge in [-0.3, -0.25) is 4.79 Å². The van der Waals surface area contributed by atoms with E-state index in [1.807, 2.05) is 0 Å². The molecule has 0 radical (unpaired) electrons. The molecule has 1 N–H and O–H groups in total. The molecule has 90 valence electrons. The number of hydrogen-bond donors (Lipinski definition) is 1.